The lowest BCUT2D eigenvalue weighted by molar-refractivity contribution is -0.138. The molecule has 4 N–H and O–H groups in total. The molecule has 0 saturated heterocycles. The summed E-state index contributed by atoms with van der Waals surface area (Å²) < 4.78 is 0. The van der Waals surface area contributed by atoms with Gasteiger partial charge in [0.1, 0.15) is 16.1 Å². The van der Waals surface area contributed by atoms with Crippen LogP contribution in [0, 0.1) is 0 Å². The summed E-state index contributed by atoms with van der Waals surface area (Å²) in [5.41, 5.74) is 6.30. The lowest BCUT2D eigenvalue weighted by Gasteiger charge is -2.06. The van der Waals surface area contributed by atoms with Crippen LogP contribution < -0.4 is 5.73 Å². The Hall–Kier alpha value is -0.880. The van der Waals surface area contributed by atoms with Crippen molar-refractivity contribution in [3.63, 3.8) is 0 Å². The van der Waals surface area contributed by atoms with Crippen molar-refractivity contribution in [1.82, 2.24) is 0 Å². The van der Waals surface area contributed by atoms with Gasteiger partial charge < -0.3 is 15.9 Å². The summed E-state index contributed by atoms with van der Waals surface area (Å²) in [6.45, 7) is 0. The second kappa shape index (κ2) is 9.56. The SMILES string of the molecule is N[C@@H](Cc1ccccc1)C(=O)O.Oc1c(Cl)c(Cl)c(Cl)c(Cl)c1Cl. The van der Waals surface area contributed by atoms with Crippen molar-refractivity contribution in [3.05, 3.63) is 61.0 Å². The molecule has 2 aromatic rings. The Bertz CT molecular complexity index is 620. The average molecular weight is 432 g/mol. The summed E-state index contributed by atoms with van der Waals surface area (Å²) >= 11 is 27.9. The Balaban J connectivity index is 0.000000240. The Kier molecular flexibility index (Phi) is 8.43. The number of carbonyl (C=O) groups is 1. The molecule has 0 amide bonds. The molecule has 0 aliphatic rings. The number of carboxylic acids is 1. The highest BCUT2D eigenvalue weighted by Crippen LogP contribution is 2.47. The molecule has 0 saturated carbocycles. The van der Waals surface area contributed by atoms with Crippen LogP contribution in [-0.2, 0) is 11.2 Å². The maximum atomic E-state index is 10.4. The van der Waals surface area contributed by atoms with Gasteiger partial charge in [-0.05, 0) is 12.0 Å². The maximum absolute atomic E-state index is 10.4. The molecule has 24 heavy (non-hydrogen) atoms. The number of aromatic hydroxyl groups is 1. The molecule has 0 aromatic heterocycles. The molecule has 0 unspecified atom stereocenters. The summed E-state index contributed by atoms with van der Waals surface area (Å²) in [4.78, 5) is 10.4. The minimum Gasteiger partial charge on any atom is -0.505 e. The summed E-state index contributed by atoms with van der Waals surface area (Å²) in [6, 6.07) is 8.54. The summed E-state index contributed by atoms with van der Waals surface area (Å²) in [6.07, 6.45) is 0.385. The van der Waals surface area contributed by atoms with Gasteiger partial charge in [0, 0.05) is 0 Å². The molecule has 2 rings (SSSR count). The van der Waals surface area contributed by atoms with Crippen LogP contribution in [-0.4, -0.2) is 22.2 Å². The molecule has 130 valence electrons. The van der Waals surface area contributed by atoms with Gasteiger partial charge in [0.05, 0.1) is 15.1 Å². The fraction of sp³-hybridized carbons (Fsp3) is 0.133. The zero-order chi connectivity index (χ0) is 18.4. The number of nitrogens with two attached hydrogens (primary N) is 1. The number of hydrogen-bond acceptors (Lipinski definition) is 3. The van der Waals surface area contributed by atoms with Crippen molar-refractivity contribution in [1.29, 1.82) is 0 Å². The number of benzene rings is 2. The van der Waals surface area contributed by atoms with E-state index < -0.39 is 12.0 Å². The third kappa shape index (κ3) is 5.59. The quantitative estimate of drug-likeness (QED) is 0.455. The lowest BCUT2D eigenvalue weighted by Crippen LogP contribution is -2.32. The summed E-state index contributed by atoms with van der Waals surface area (Å²) in [5.74, 6) is -1.32. The molecule has 2 aromatic carbocycles. The van der Waals surface area contributed by atoms with Crippen LogP contribution in [0.5, 0.6) is 5.75 Å². The molecule has 1 atom stereocenters. The van der Waals surface area contributed by atoms with Crippen molar-refractivity contribution >= 4 is 64.0 Å². The molecule has 0 aliphatic heterocycles. The first-order valence-electron chi connectivity index (χ1n) is 6.39. The predicted molar refractivity (Wildman–Crippen MR) is 98.9 cm³/mol. The third-order valence-electron chi connectivity index (χ3n) is 2.80. The molecular formula is C15H12Cl5NO3. The van der Waals surface area contributed by atoms with Gasteiger partial charge in [0.25, 0.3) is 0 Å². The Labute approximate surface area is 163 Å². The number of rotatable bonds is 3. The molecule has 0 spiro atoms. The van der Waals surface area contributed by atoms with E-state index in [2.05, 4.69) is 0 Å². The van der Waals surface area contributed by atoms with Crippen LogP contribution in [0.15, 0.2) is 30.3 Å². The van der Waals surface area contributed by atoms with Gasteiger partial charge >= 0.3 is 5.97 Å². The van der Waals surface area contributed by atoms with Crippen molar-refractivity contribution < 1.29 is 15.0 Å². The van der Waals surface area contributed by atoms with Gasteiger partial charge in [-0.1, -0.05) is 88.3 Å². The van der Waals surface area contributed by atoms with E-state index in [-0.39, 0.29) is 30.9 Å². The molecule has 0 aliphatic carbocycles. The monoisotopic (exact) mass is 429 g/mol. The molecule has 0 radical (unpaired) electrons. The van der Waals surface area contributed by atoms with Gasteiger partial charge in [-0.2, -0.15) is 0 Å². The van der Waals surface area contributed by atoms with Crippen LogP contribution >= 0.6 is 58.0 Å². The van der Waals surface area contributed by atoms with Crippen molar-refractivity contribution in [3.8, 4) is 5.75 Å². The molecule has 0 heterocycles. The zero-order valence-electron chi connectivity index (χ0n) is 11.9. The molecular weight excluding hydrogens is 419 g/mol. The van der Waals surface area contributed by atoms with Crippen LogP contribution in [0.25, 0.3) is 0 Å². The van der Waals surface area contributed by atoms with Gasteiger partial charge in [-0.25, -0.2) is 0 Å². The second-order valence-corrected chi connectivity index (χ2v) is 6.44. The number of carboxylic acid groups (broad SMARTS) is 1. The van der Waals surface area contributed by atoms with Crippen molar-refractivity contribution in [2.45, 2.75) is 12.5 Å². The Morgan fingerprint density at radius 1 is 0.917 bits per heavy atom. The average Bonchev–Trinajstić information content (AvgIpc) is 2.58. The zero-order valence-corrected chi connectivity index (χ0v) is 15.7. The lowest BCUT2D eigenvalue weighted by atomic mass is 10.1. The van der Waals surface area contributed by atoms with Gasteiger partial charge in [-0.3, -0.25) is 4.79 Å². The number of phenolic OH excluding ortho intramolecular Hbond substituents is 1. The maximum Gasteiger partial charge on any atom is 0.320 e. The van der Waals surface area contributed by atoms with Crippen molar-refractivity contribution in [2.24, 2.45) is 5.73 Å². The summed E-state index contributed by atoms with van der Waals surface area (Å²) in [7, 11) is 0. The largest absolute Gasteiger partial charge is 0.505 e. The van der Waals surface area contributed by atoms with Gasteiger partial charge in [0.2, 0.25) is 0 Å². The summed E-state index contributed by atoms with van der Waals surface area (Å²) in [5, 5.41) is 17.5. The van der Waals surface area contributed by atoms with E-state index in [0.717, 1.165) is 5.56 Å². The Morgan fingerprint density at radius 3 is 1.75 bits per heavy atom. The number of aliphatic carboxylic acids is 1. The van der Waals surface area contributed by atoms with Crippen LogP contribution in [0.3, 0.4) is 0 Å². The fourth-order valence-electron chi connectivity index (χ4n) is 1.55. The van der Waals surface area contributed by atoms with E-state index in [4.69, 9.17) is 68.8 Å². The first-order valence-corrected chi connectivity index (χ1v) is 8.28. The molecule has 0 bridgehead atoms. The molecule has 4 nitrogen and oxygen atoms in total. The highest BCUT2D eigenvalue weighted by atomic mass is 35.5. The minimum absolute atomic E-state index is 0.00904. The van der Waals surface area contributed by atoms with E-state index in [9.17, 15) is 9.90 Å². The van der Waals surface area contributed by atoms with E-state index in [1.807, 2.05) is 30.3 Å². The molecule has 9 heteroatoms. The Morgan fingerprint density at radius 2 is 1.33 bits per heavy atom. The highest BCUT2D eigenvalue weighted by molar-refractivity contribution is 6.55. The van der Waals surface area contributed by atoms with E-state index in [0.29, 0.717) is 6.42 Å². The third-order valence-corrected chi connectivity index (χ3v) is 5.06. The fourth-order valence-corrected chi connectivity index (χ4v) is 2.68. The minimum atomic E-state index is -0.959. The van der Waals surface area contributed by atoms with Gasteiger partial charge in [-0.15, -0.1) is 0 Å². The van der Waals surface area contributed by atoms with Crippen LogP contribution in [0.2, 0.25) is 25.1 Å². The van der Waals surface area contributed by atoms with Crippen LogP contribution in [0.1, 0.15) is 5.56 Å². The van der Waals surface area contributed by atoms with Crippen molar-refractivity contribution in [2.75, 3.05) is 0 Å². The van der Waals surface area contributed by atoms with E-state index in [1.165, 1.54) is 0 Å². The standard InChI is InChI=1S/C9H11NO2.C6HCl5O/c10-8(9(11)12)6-7-4-2-1-3-5-7;7-1-2(8)4(10)6(12)5(11)3(1)9/h1-5,8H,6,10H2,(H,11,12);12H/t8-;/m0./s1. The van der Waals surface area contributed by atoms with Crippen LogP contribution in [0.4, 0.5) is 0 Å². The second-order valence-electron chi connectivity index (χ2n) is 4.55. The highest BCUT2D eigenvalue weighted by Gasteiger charge is 2.18. The first kappa shape index (κ1) is 21.2. The number of hydrogen-bond donors (Lipinski definition) is 3. The number of halogens is 5. The predicted octanol–water partition coefficient (Wildman–Crippen LogP) is 5.30. The van der Waals surface area contributed by atoms with Gasteiger partial charge in [0.15, 0.2) is 5.75 Å². The number of phenols is 1. The molecule has 0 fully saturated rings. The van der Waals surface area contributed by atoms with E-state index >= 15 is 0 Å². The normalized spacial score (nSPS) is 11.4. The topological polar surface area (TPSA) is 83.6 Å². The first-order chi connectivity index (χ1) is 11.2. The van der Waals surface area contributed by atoms with E-state index in [1.54, 1.807) is 0 Å². The smallest absolute Gasteiger partial charge is 0.320 e.